The van der Waals surface area contributed by atoms with Crippen LogP contribution in [-0.2, 0) is 29.0 Å². The highest BCUT2D eigenvalue weighted by Gasteiger charge is 2.17. The van der Waals surface area contributed by atoms with E-state index in [0.717, 1.165) is 11.1 Å². The summed E-state index contributed by atoms with van der Waals surface area (Å²) in [6.07, 6.45) is 6.18. The minimum Gasteiger partial charge on any atom is -0.444 e. The Morgan fingerprint density at radius 3 is 2.54 bits per heavy atom. The molecule has 0 aliphatic heterocycles. The van der Waals surface area contributed by atoms with E-state index in [9.17, 15) is 18.8 Å². The highest BCUT2D eigenvalue weighted by Crippen LogP contribution is 2.25. The van der Waals surface area contributed by atoms with Gasteiger partial charge in [0.15, 0.2) is 0 Å². The number of carbonyl (C=O) groups excluding carboxylic acids is 3. The SMILES string of the molecule is CC(C)(C)OC(=O)NCC(=O)NCc1ccc(Cc2cncc(C(=O)NCc3cc4c(Cl)c[nH]c4cc3F)c2)cn1. The summed E-state index contributed by atoms with van der Waals surface area (Å²) in [7, 11) is 0. The van der Waals surface area contributed by atoms with Crippen LogP contribution in [0.5, 0.6) is 0 Å². The minimum atomic E-state index is -0.667. The molecule has 0 fully saturated rings. The molecular formula is C29H30ClFN6O4. The van der Waals surface area contributed by atoms with Gasteiger partial charge in [-0.1, -0.05) is 17.7 Å². The molecule has 0 aliphatic carbocycles. The first-order chi connectivity index (χ1) is 19.5. The standard InChI is InChI=1S/C29H30ClFN6O4/c1-29(2,3)41-28(40)37-16-26(38)35-14-21-5-4-17(11-33-21)6-18-7-20(12-32-10-18)27(39)36-13-19-8-22-23(30)15-34-25(22)9-24(19)31/h4-5,7-12,15,34H,6,13-14,16H2,1-3H3,(H,35,38)(H,36,39)(H,37,40). The third kappa shape index (κ3) is 8.49. The molecule has 41 heavy (non-hydrogen) atoms. The zero-order chi connectivity index (χ0) is 29.6. The van der Waals surface area contributed by atoms with Crippen LogP contribution < -0.4 is 16.0 Å². The van der Waals surface area contributed by atoms with Crippen LogP contribution >= 0.6 is 11.6 Å². The van der Waals surface area contributed by atoms with Crippen molar-refractivity contribution in [2.45, 2.75) is 45.9 Å². The van der Waals surface area contributed by atoms with Crippen LogP contribution in [0, 0.1) is 5.82 Å². The number of carbonyl (C=O) groups is 3. The predicted octanol–water partition coefficient (Wildman–Crippen LogP) is 4.41. The van der Waals surface area contributed by atoms with Gasteiger partial charge in [-0.3, -0.25) is 19.6 Å². The molecule has 214 valence electrons. The molecule has 12 heteroatoms. The second kappa shape index (κ2) is 12.8. The topological polar surface area (TPSA) is 138 Å². The van der Waals surface area contributed by atoms with Gasteiger partial charge in [0.05, 0.1) is 22.8 Å². The summed E-state index contributed by atoms with van der Waals surface area (Å²) in [5.74, 6) is -1.21. The molecule has 3 aromatic heterocycles. The Bertz CT molecular complexity index is 1570. The monoisotopic (exact) mass is 580 g/mol. The molecule has 0 bridgehead atoms. The van der Waals surface area contributed by atoms with Gasteiger partial charge in [0.25, 0.3) is 5.91 Å². The number of hydrogen-bond acceptors (Lipinski definition) is 6. The summed E-state index contributed by atoms with van der Waals surface area (Å²) < 4.78 is 19.5. The van der Waals surface area contributed by atoms with Crippen molar-refractivity contribution in [3.8, 4) is 0 Å². The van der Waals surface area contributed by atoms with Crippen LogP contribution in [0.25, 0.3) is 10.9 Å². The number of fused-ring (bicyclic) bond motifs is 1. The number of alkyl carbamates (subject to hydrolysis) is 1. The quantitative estimate of drug-likeness (QED) is 0.231. The van der Waals surface area contributed by atoms with Crippen molar-refractivity contribution in [1.82, 2.24) is 30.9 Å². The van der Waals surface area contributed by atoms with Crippen LogP contribution in [0.1, 0.15) is 53.5 Å². The number of benzene rings is 1. The number of hydrogen-bond donors (Lipinski definition) is 4. The van der Waals surface area contributed by atoms with E-state index in [2.05, 4.69) is 30.9 Å². The number of nitrogens with one attached hydrogen (secondary N) is 4. The molecule has 10 nitrogen and oxygen atoms in total. The Balaban J connectivity index is 1.27. The Hall–Kier alpha value is -4.51. The Morgan fingerprint density at radius 1 is 1.00 bits per heavy atom. The van der Waals surface area contributed by atoms with E-state index >= 15 is 0 Å². The molecule has 0 radical (unpaired) electrons. The summed E-state index contributed by atoms with van der Waals surface area (Å²) in [6.45, 7) is 5.18. The number of aromatic nitrogens is 3. The fourth-order valence-electron chi connectivity index (χ4n) is 3.89. The summed E-state index contributed by atoms with van der Waals surface area (Å²) in [5, 5.41) is 8.97. The Kier molecular flexibility index (Phi) is 9.18. The third-order valence-electron chi connectivity index (χ3n) is 5.85. The van der Waals surface area contributed by atoms with Gasteiger partial charge in [-0.25, -0.2) is 9.18 Å². The van der Waals surface area contributed by atoms with E-state index in [1.54, 1.807) is 57.6 Å². The molecule has 3 amide bonds. The smallest absolute Gasteiger partial charge is 0.408 e. The summed E-state index contributed by atoms with van der Waals surface area (Å²) in [6, 6.07) is 8.33. The number of amides is 3. The normalized spacial score (nSPS) is 11.2. The lowest BCUT2D eigenvalue weighted by atomic mass is 10.1. The van der Waals surface area contributed by atoms with Crippen LogP contribution in [0.15, 0.2) is 55.1 Å². The average molecular weight is 581 g/mol. The van der Waals surface area contributed by atoms with E-state index in [1.165, 1.54) is 12.3 Å². The summed E-state index contributed by atoms with van der Waals surface area (Å²) in [5.41, 5.74) is 2.90. The fourth-order valence-corrected chi connectivity index (χ4v) is 4.10. The fraction of sp³-hybridized carbons (Fsp3) is 0.276. The van der Waals surface area contributed by atoms with Crippen LogP contribution in [-0.4, -0.2) is 45.0 Å². The van der Waals surface area contributed by atoms with Crippen LogP contribution in [0.2, 0.25) is 5.02 Å². The first kappa shape index (κ1) is 29.5. The lowest BCUT2D eigenvalue weighted by Crippen LogP contribution is -2.39. The van der Waals surface area contributed by atoms with Gasteiger partial charge >= 0.3 is 6.09 Å². The number of ether oxygens (including phenoxy) is 1. The largest absolute Gasteiger partial charge is 0.444 e. The van der Waals surface area contributed by atoms with E-state index in [4.69, 9.17) is 16.3 Å². The van der Waals surface area contributed by atoms with Crippen molar-refractivity contribution in [1.29, 1.82) is 0 Å². The van der Waals surface area contributed by atoms with E-state index in [0.29, 0.717) is 39.2 Å². The molecule has 0 unspecified atom stereocenters. The number of pyridine rings is 2. The number of rotatable bonds is 9. The second-order valence-corrected chi connectivity index (χ2v) is 10.8. The number of nitrogens with zero attached hydrogens (tertiary/aromatic N) is 2. The van der Waals surface area contributed by atoms with Crippen molar-refractivity contribution in [3.63, 3.8) is 0 Å². The van der Waals surface area contributed by atoms with E-state index in [-0.39, 0.29) is 31.4 Å². The highest BCUT2D eigenvalue weighted by atomic mass is 35.5. The summed E-state index contributed by atoms with van der Waals surface area (Å²) >= 11 is 6.13. The number of aromatic amines is 1. The maximum absolute atomic E-state index is 14.4. The zero-order valence-electron chi connectivity index (χ0n) is 22.8. The minimum absolute atomic E-state index is 0.00860. The Labute approximate surface area is 241 Å². The van der Waals surface area contributed by atoms with Gasteiger partial charge in [0.1, 0.15) is 18.0 Å². The molecule has 0 aliphatic rings. The van der Waals surface area contributed by atoms with Crippen molar-refractivity contribution >= 4 is 40.4 Å². The molecule has 1 aromatic carbocycles. The molecule has 0 saturated carbocycles. The summed E-state index contributed by atoms with van der Waals surface area (Å²) in [4.78, 5) is 47.8. The van der Waals surface area contributed by atoms with Crippen molar-refractivity contribution in [2.75, 3.05) is 6.54 Å². The van der Waals surface area contributed by atoms with Crippen molar-refractivity contribution < 1.29 is 23.5 Å². The van der Waals surface area contributed by atoms with Gasteiger partial charge in [-0.2, -0.15) is 0 Å². The molecule has 0 atom stereocenters. The first-order valence-electron chi connectivity index (χ1n) is 12.8. The van der Waals surface area contributed by atoms with E-state index < -0.39 is 17.5 Å². The van der Waals surface area contributed by atoms with Crippen LogP contribution in [0.4, 0.5) is 9.18 Å². The van der Waals surface area contributed by atoms with Gasteiger partial charge < -0.3 is 25.7 Å². The Morgan fingerprint density at radius 2 is 1.80 bits per heavy atom. The lowest BCUT2D eigenvalue weighted by molar-refractivity contribution is -0.120. The zero-order valence-corrected chi connectivity index (χ0v) is 23.6. The number of halogens is 2. The molecule has 4 N–H and O–H groups in total. The maximum atomic E-state index is 14.4. The maximum Gasteiger partial charge on any atom is 0.408 e. The van der Waals surface area contributed by atoms with E-state index in [1.807, 2.05) is 6.07 Å². The molecular weight excluding hydrogens is 551 g/mol. The molecule has 4 rings (SSSR count). The van der Waals surface area contributed by atoms with Crippen LogP contribution in [0.3, 0.4) is 0 Å². The molecule has 3 heterocycles. The highest BCUT2D eigenvalue weighted by molar-refractivity contribution is 6.35. The number of H-pyrrole nitrogens is 1. The van der Waals surface area contributed by atoms with Crippen molar-refractivity contribution in [2.24, 2.45) is 0 Å². The van der Waals surface area contributed by atoms with Gasteiger partial charge in [0.2, 0.25) is 5.91 Å². The first-order valence-corrected chi connectivity index (χ1v) is 13.2. The van der Waals surface area contributed by atoms with Gasteiger partial charge in [-0.15, -0.1) is 0 Å². The molecule has 4 aromatic rings. The predicted molar refractivity (Wildman–Crippen MR) is 152 cm³/mol. The van der Waals surface area contributed by atoms with Gasteiger partial charge in [-0.05, 0) is 56.2 Å². The lowest BCUT2D eigenvalue weighted by Gasteiger charge is -2.19. The third-order valence-corrected chi connectivity index (χ3v) is 6.16. The second-order valence-electron chi connectivity index (χ2n) is 10.4. The molecule has 0 spiro atoms. The van der Waals surface area contributed by atoms with Crippen molar-refractivity contribution in [3.05, 3.63) is 93.9 Å². The molecule has 0 saturated heterocycles. The average Bonchev–Trinajstić information content (AvgIpc) is 3.28. The van der Waals surface area contributed by atoms with Gasteiger partial charge in [0, 0.05) is 54.2 Å².